The minimum Gasteiger partial charge on any atom is -1.00 e. The molecule has 4 heteroatoms. The van der Waals surface area contributed by atoms with E-state index in [0.717, 1.165) is 0 Å². The summed E-state index contributed by atoms with van der Waals surface area (Å²) >= 11 is 0. The van der Waals surface area contributed by atoms with E-state index in [1.54, 1.807) is 0 Å². The second-order valence-corrected chi connectivity index (χ2v) is 14.1. The molecule has 0 aromatic rings. The summed E-state index contributed by atoms with van der Waals surface area (Å²) in [6.07, 6.45) is 46.7. The van der Waals surface area contributed by atoms with Crippen LogP contribution in [0.3, 0.4) is 0 Å². The van der Waals surface area contributed by atoms with Gasteiger partial charge in [0, 0.05) is 0 Å². The molecular weight excluding hydrogens is 601 g/mol. The summed E-state index contributed by atoms with van der Waals surface area (Å²) in [5.74, 6) is 0. The third kappa shape index (κ3) is 37.3. The van der Waals surface area contributed by atoms with E-state index in [1.165, 1.54) is 236 Å². The van der Waals surface area contributed by atoms with Gasteiger partial charge in [-0.3, -0.25) is 0 Å². The van der Waals surface area contributed by atoms with Crippen molar-refractivity contribution < 1.29 is 16.9 Å². The van der Waals surface area contributed by atoms with E-state index in [1.807, 2.05) is 0 Å². The number of quaternary nitrogens is 1. The Morgan fingerprint density at radius 3 is 0.523 bits per heavy atom. The zero-order valence-electron chi connectivity index (χ0n) is 31.1. The first kappa shape index (κ1) is 51.7. The second kappa shape index (κ2) is 43.8. The Bertz CT molecular complexity index is 388. The number of halogens is 3. The van der Waals surface area contributed by atoms with Crippen molar-refractivity contribution in [2.24, 2.45) is 0 Å². The number of hydrogen-bond acceptors (Lipinski definition) is 0. The first-order chi connectivity index (χ1) is 20.2. The number of rotatable bonds is 36. The molecule has 0 spiro atoms. The average molecular weight is 687 g/mol. The molecule has 0 radical (unpaired) electrons. The van der Waals surface area contributed by atoms with Gasteiger partial charge in [0.1, 0.15) is 0 Å². The van der Waals surface area contributed by atoms with Crippen LogP contribution in [-0.4, -0.2) is 30.7 Å². The van der Waals surface area contributed by atoms with Crippen LogP contribution >= 0.6 is 24.8 Å². The molecule has 44 heavy (non-hydrogen) atoms. The maximum atomic E-state index is 2.34. The van der Waals surface area contributed by atoms with E-state index in [-0.39, 0.29) is 37.2 Å². The molecule has 0 N–H and O–H groups in total. The molecule has 0 aliphatic carbocycles. The average Bonchev–Trinajstić information content (AvgIpc) is 2.98. The molecule has 0 aliphatic heterocycles. The highest BCUT2D eigenvalue weighted by atomic mass is 35.5. The standard InChI is InChI=1S/C40H84N.3ClH/c1-5-9-13-17-21-25-29-33-37-41(38-34-30-26-22-18-14-10-6-2,39-35-31-27-23-19-15-11-7-3)40-36-32-28-24-20-16-12-8-4;;;/h5-40H2,1-4H3;3*1H/q+1;;;/p-1. The van der Waals surface area contributed by atoms with Gasteiger partial charge in [-0.25, -0.2) is 0 Å². The summed E-state index contributed by atoms with van der Waals surface area (Å²) in [5.41, 5.74) is 0. The lowest BCUT2D eigenvalue weighted by atomic mass is 10.0. The van der Waals surface area contributed by atoms with Crippen LogP contribution in [-0.2, 0) is 0 Å². The highest BCUT2D eigenvalue weighted by molar-refractivity contribution is 5.85. The molecule has 0 saturated heterocycles. The van der Waals surface area contributed by atoms with Crippen LogP contribution in [0, 0.1) is 0 Å². The summed E-state index contributed by atoms with van der Waals surface area (Å²) in [6.45, 7) is 15.3. The quantitative estimate of drug-likeness (QED) is 0.0454. The lowest BCUT2D eigenvalue weighted by molar-refractivity contribution is -0.929. The van der Waals surface area contributed by atoms with Crippen molar-refractivity contribution in [3.05, 3.63) is 0 Å². The Morgan fingerprint density at radius 2 is 0.364 bits per heavy atom. The van der Waals surface area contributed by atoms with Gasteiger partial charge in [-0.05, 0) is 51.4 Å². The predicted molar refractivity (Wildman–Crippen MR) is 205 cm³/mol. The molecule has 0 fully saturated rings. The van der Waals surface area contributed by atoms with Gasteiger partial charge < -0.3 is 16.9 Å². The summed E-state index contributed by atoms with van der Waals surface area (Å²) in [7, 11) is 0. The van der Waals surface area contributed by atoms with Crippen molar-refractivity contribution >= 4 is 24.8 Å². The van der Waals surface area contributed by atoms with Crippen molar-refractivity contribution in [1.82, 2.24) is 0 Å². The van der Waals surface area contributed by atoms with E-state index >= 15 is 0 Å². The van der Waals surface area contributed by atoms with Crippen LogP contribution in [0.25, 0.3) is 0 Å². The van der Waals surface area contributed by atoms with Gasteiger partial charge in [0.15, 0.2) is 0 Å². The SMILES string of the molecule is CCCCCCCCCC[N+](CCCCCCCCCC)(CCCCCCCCCC)CCCCCCCCCC.Cl.Cl.[Cl-]. The van der Waals surface area contributed by atoms with Crippen LogP contribution in [0.4, 0.5) is 0 Å². The highest BCUT2D eigenvalue weighted by Gasteiger charge is 2.25. The fourth-order valence-electron chi connectivity index (χ4n) is 7.00. The second-order valence-electron chi connectivity index (χ2n) is 14.1. The zero-order valence-corrected chi connectivity index (χ0v) is 33.5. The van der Waals surface area contributed by atoms with E-state index < -0.39 is 0 Å². The van der Waals surface area contributed by atoms with Crippen molar-refractivity contribution in [3.63, 3.8) is 0 Å². The Hall–Kier alpha value is 0.830. The minimum atomic E-state index is 0. The molecule has 0 atom stereocenters. The first-order valence-electron chi connectivity index (χ1n) is 20.1. The molecule has 0 saturated carbocycles. The van der Waals surface area contributed by atoms with Crippen molar-refractivity contribution in [1.29, 1.82) is 0 Å². The van der Waals surface area contributed by atoms with Gasteiger partial charge in [0.2, 0.25) is 0 Å². The first-order valence-corrected chi connectivity index (χ1v) is 20.1. The number of unbranched alkanes of at least 4 members (excludes halogenated alkanes) is 28. The topological polar surface area (TPSA) is 0 Å². The Morgan fingerprint density at radius 1 is 0.227 bits per heavy atom. The monoisotopic (exact) mass is 686 g/mol. The molecule has 0 bridgehead atoms. The molecule has 0 unspecified atom stereocenters. The minimum absolute atomic E-state index is 0. The lowest BCUT2D eigenvalue weighted by Crippen LogP contribution is -3.00. The van der Waals surface area contributed by atoms with Gasteiger partial charge in [0.25, 0.3) is 0 Å². The van der Waals surface area contributed by atoms with Crippen LogP contribution < -0.4 is 12.4 Å². The molecule has 0 heterocycles. The normalized spacial score (nSPS) is 11.2. The molecule has 0 aromatic carbocycles. The molecule has 0 aliphatic rings. The smallest absolute Gasteiger partial charge is 0.0786 e. The summed E-state index contributed by atoms with van der Waals surface area (Å²) in [4.78, 5) is 0. The van der Waals surface area contributed by atoms with Crippen LogP contribution in [0.2, 0.25) is 0 Å². The predicted octanol–water partition coefficient (Wildman–Crippen LogP) is 12.2. The fourth-order valence-corrected chi connectivity index (χ4v) is 7.00. The third-order valence-corrected chi connectivity index (χ3v) is 9.94. The van der Waals surface area contributed by atoms with Gasteiger partial charge in [0.05, 0.1) is 26.2 Å². The highest BCUT2D eigenvalue weighted by Crippen LogP contribution is 2.21. The Balaban J connectivity index is -0.00000267. The maximum absolute atomic E-state index is 2.34. The fraction of sp³-hybridized carbons (Fsp3) is 1.00. The Labute approximate surface area is 299 Å². The van der Waals surface area contributed by atoms with E-state index in [0.29, 0.717) is 0 Å². The summed E-state index contributed by atoms with van der Waals surface area (Å²) in [5, 5.41) is 0. The largest absolute Gasteiger partial charge is 1.00 e. The van der Waals surface area contributed by atoms with Gasteiger partial charge in [-0.2, -0.15) is 0 Å². The van der Waals surface area contributed by atoms with Crippen molar-refractivity contribution in [3.8, 4) is 0 Å². The third-order valence-electron chi connectivity index (χ3n) is 9.94. The van der Waals surface area contributed by atoms with Gasteiger partial charge in [-0.15, -0.1) is 24.8 Å². The van der Waals surface area contributed by atoms with E-state index in [2.05, 4.69) is 27.7 Å². The van der Waals surface area contributed by atoms with Gasteiger partial charge >= 0.3 is 0 Å². The van der Waals surface area contributed by atoms with Crippen molar-refractivity contribution in [2.75, 3.05) is 26.2 Å². The Kier molecular flexibility index (Phi) is 51.5. The molecule has 0 rings (SSSR count). The van der Waals surface area contributed by atoms with Crippen LogP contribution in [0.15, 0.2) is 0 Å². The van der Waals surface area contributed by atoms with Crippen LogP contribution in [0.5, 0.6) is 0 Å². The molecule has 0 amide bonds. The molecule has 272 valence electrons. The van der Waals surface area contributed by atoms with E-state index in [9.17, 15) is 0 Å². The molecule has 1 nitrogen and oxygen atoms in total. The zero-order chi connectivity index (χ0) is 30.0. The maximum Gasteiger partial charge on any atom is 0.0786 e. The van der Waals surface area contributed by atoms with Crippen molar-refractivity contribution in [2.45, 2.75) is 233 Å². The summed E-state index contributed by atoms with van der Waals surface area (Å²) < 4.78 is 1.48. The molecule has 0 aromatic heterocycles. The summed E-state index contributed by atoms with van der Waals surface area (Å²) in [6, 6.07) is 0. The van der Waals surface area contributed by atoms with Crippen LogP contribution in [0.1, 0.15) is 233 Å². The van der Waals surface area contributed by atoms with Gasteiger partial charge in [-0.1, -0.05) is 182 Å². The number of nitrogens with zero attached hydrogens (tertiary/aromatic N) is 1. The van der Waals surface area contributed by atoms with E-state index in [4.69, 9.17) is 0 Å². The number of hydrogen-bond donors (Lipinski definition) is 0. The lowest BCUT2D eigenvalue weighted by Gasteiger charge is -2.40. The molecular formula is C40H86Cl3N.